The Balaban J connectivity index is 2.76. The molecule has 0 heterocycles. The molecule has 1 aromatic carbocycles. The van der Waals surface area contributed by atoms with Gasteiger partial charge in [0.1, 0.15) is 4.90 Å². The molecule has 0 spiro atoms. The number of rotatable bonds is 6. The van der Waals surface area contributed by atoms with E-state index < -0.39 is 10.0 Å². The Morgan fingerprint density at radius 1 is 1.35 bits per heavy atom. The summed E-state index contributed by atoms with van der Waals surface area (Å²) in [6.07, 6.45) is 1.15. The second kappa shape index (κ2) is 6.70. The molecule has 0 fully saturated rings. The summed E-state index contributed by atoms with van der Waals surface area (Å²) in [7, 11) is -3.57. The molecule has 0 aliphatic carbocycles. The Labute approximate surface area is 114 Å². The van der Waals surface area contributed by atoms with E-state index in [1.165, 1.54) is 12.1 Å². The summed E-state index contributed by atoms with van der Waals surface area (Å²) in [5.41, 5.74) is 0. The highest BCUT2D eigenvalue weighted by Gasteiger charge is 2.17. The number of hydrogen-bond donors (Lipinski definition) is 2. The third-order valence-electron chi connectivity index (χ3n) is 2.06. The monoisotopic (exact) mass is 341 g/mol. The minimum Gasteiger partial charge on any atom is -0.396 e. The van der Waals surface area contributed by atoms with Crippen molar-refractivity contribution in [2.24, 2.45) is 0 Å². The van der Waals surface area contributed by atoms with Crippen molar-refractivity contribution in [3.63, 3.8) is 0 Å². The van der Waals surface area contributed by atoms with Crippen molar-refractivity contribution >= 4 is 37.6 Å². The predicted octanol–water partition coefficient (Wildman–Crippen LogP) is 2.15. The first kappa shape index (κ1) is 14.9. The van der Waals surface area contributed by atoms with E-state index in [-0.39, 0.29) is 23.1 Å². The van der Waals surface area contributed by atoms with Gasteiger partial charge < -0.3 is 5.11 Å². The maximum atomic E-state index is 11.9. The van der Waals surface area contributed by atoms with Crippen LogP contribution in [0.4, 0.5) is 0 Å². The molecule has 7 heteroatoms. The largest absolute Gasteiger partial charge is 0.396 e. The van der Waals surface area contributed by atoms with E-state index >= 15 is 0 Å². The van der Waals surface area contributed by atoms with Crippen molar-refractivity contribution < 1.29 is 13.5 Å². The number of unbranched alkanes of at least 4 members (excludes halogenated alkanes) is 1. The SMILES string of the molecule is O=S(=O)(NCCCCO)c1ccc(Br)cc1Cl. The number of benzene rings is 1. The lowest BCUT2D eigenvalue weighted by Crippen LogP contribution is -2.25. The second-order valence-electron chi connectivity index (χ2n) is 3.40. The molecule has 2 N–H and O–H groups in total. The number of aliphatic hydroxyl groups excluding tert-OH is 1. The molecular weight excluding hydrogens is 330 g/mol. The Morgan fingerprint density at radius 2 is 2.06 bits per heavy atom. The quantitative estimate of drug-likeness (QED) is 0.779. The Hall–Kier alpha value is -0.140. The Bertz CT molecular complexity index is 478. The van der Waals surface area contributed by atoms with E-state index in [1.807, 2.05) is 0 Å². The summed E-state index contributed by atoms with van der Waals surface area (Å²) in [4.78, 5) is 0.0614. The number of nitrogens with one attached hydrogen (secondary N) is 1. The van der Waals surface area contributed by atoms with Crippen molar-refractivity contribution in [1.82, 2.24) is 4.72 Å². The van der Waals surface area contributed by atoms with Gasteiger partial charge in [0.2, 0.25) is 10.0 Å². The molecule has 1 rings (SSSR count). The van der Waals surface area contributed by atoms with Crippen LogP contribution in [0.1, 0.15) is 12.8 Å². The highest BCUT2D eigenvalue weighted by molar-refractivity contribution is 9.10. The first-order valence-electron chi connectivity index (χ1n) is 5.03. The van der Waals surface area contributed by atoms with Crippen molar-refractivity contribution in [2.45, 2.75) is 17.7 Å². The van der Waals surface area contributed by atoms with E-state index in [4.69, 9.17) is 16.7 Å². The molecule has 0 saturated heterocycles. The van der Waals surface area contributed by atoms with Gasteiger partial charge in [-0.1, -0.05) is 27.5 Å². The van der Waals surface area contributed by atoms with Gasteiger partial charge in [0.25, 0.3) is 0 Å². The van der Waals surface area contributed by atoms with Gasteiger partial charge >= 0.3 is 0 Å². The van der Waals surface area contributed by atoms with Gasteiger partial charge in [0, 0.05) is 17.6 Å². The third kappa shape index (κ3) is 4.56. The van der Waals surface area contributed by atoms with Crippen molar-refractivity contribution in [3.05, 3.63) is 27.7 Å². The average molecular weight is 343 g/mol. The van der Waals surface area contributed by atoms with Crippen LogP contribution >= 0.6 is 27.5 Å². The minimum absolute atomic E-state index is 0.0563. The maximum absolute atomic E-state index is 11.9. The number of halogens is 2. The average Bonchev–Trinajstić information content (AvgIpc) is 2.24. The van der Waals surface area contributed by atoms with Gasteiger partial charge in [0.05, 0.1) is 5.02 Å². The smallest absolute Gasteiger partial charge is 0.242 e. The van der Waals surface area contributed by atoms with Crippen molar-refractivity contribution in [3.8, 4) is 0 Å². The van der Waals surface area contributed by atoms with E-state index in [0.29, 0.717) is 12.8 Å². The van der Waals surface area contributed by atoms with E-state index in [9.17, 15) is 8.42 Å². The van der Waals surface area contributed by atoms with Gasteiger partial charge in [-0.15, -0.1) is 0 Å². The standard InChI is InChI=1S/C10H13BrClNO3S/c11-8-3-4-10(9(12)7-8)17(15,16)13-5-1-2-6-14/h3-4,7,13-14H,1-2,5-6H2. The molecule has 0 atom stereocenters. The van der Waals surface area contributed by atoms with Crippen LogP contribution in [0, 0.1) is 0 Å². The zero-order chi connectivity index (χ0) is 12.9. The molecule has 17 heavy (non-hydrogen) atoms. The van der Waals surface area contributed by atoms with Crippen LogP contribution in [0.15, 0.2) is 27.6 Å². The normalized spacial score (nSPS) is 11.7. The van der Waals surface area contributed by atoms with Crippen LogP contribution in [-0.4, -0.2) is 26.7 Å². The van der Waals surface area contributed by atoms with E-state index in [2.05, 4.69) is 20.7 Å². The molecule has 0 unspecified atom stereocenters. The lowest BCUT2D eigenvalue weighted by molar-refractivity contribution is 0.285. The summed E-state index contributed by atoms with van der Waals surface area (Å²) in [6.45, 7) is 0.343. The van der Waals surface area contributed by atoms with Gasteiger partial charge in [-0.3, -0.25) is 0 Å². The molecule has 0 aliphatic heterocycles. The Kier molecular flexibility index (Phi) is 5.88. The number of sulfonamides is 1. The minimum atomic E-state index is -3.57. The van der Waals surface area contributed by atoms with E-state index in [0.717, 1.165) is 4.47 Å². The highest BCUT2D eigenvalue weighted by Crippen LogP contribution is 2.24. The van der Waals surface area contributed by atoms with Crippen LogP contribution in [-0.2, 0) is 10.0 Å². The zero-order valence-electron chi connectivity index (χ0n) is 8.99. The van der Waals surface area contributed by atoms with Crippen LogP contribution in [0.25, 0.3) is 0 Å². The second-order valence-corrected chi connectivity index (χ2v) is 6.46. The topological polar surface area (TPSA) is 66.4 Å². The maximum Gasteiger partial charge on any atom is 0.242 e. The fourth-order valence-electron chi connectivity index (χ4n) is 1.21. The van der Waals surface area contributed by atoms with Gasteiger partial charge in [-0.05, 0) is 31.0 Å². The summed E-state index contributed by atoms with van der Waals surface area (Å²) in [5, 5.41) is 8.76. The van der Waals surface area contributed by atoms with Crippen LogP contribution in [0.5, 0.6) is 0 Å². The van der Waals surface area contributed by atoms with Crippen molar-refractivity contribution in [2.75, 3.05) is 13.2 Å². The lowest BCUT2D eigenvalue weighted by atomic mass is 10.3. The number of aliphatic hydroxyl groups is 1. The van der Waals surface area contributed by atoms with Crippen LogP contribution in [0.3, 0.4) is 0 Å². The highest BCUT2D eigenvalue weighted by atomic mass is 79.9. The zero-order valence-corrected chi connectivity index (χ0v) is 12.1. The fraction of sp³-hybridized carbons (Fsp3) is 0.400. The molecule has 96 valence electrons. The van der Waals surface area contributed by atoms with Crippen molar-refractivity contribution in [1.29, 1.82) is 0 Å². The molecule has 0 saturated carbocycles. The predicted molar refractivity (Wildman–Crippen MR) is 70.7 cm³/mol. The summed E-state index contributed by atoms with van der Waals surface area (Å²) < 4.78 is 26.9. The van der Waals surface area contributed by atoms with Crippen LogP contribution < -0.4 is 4.72 Å². The van der Waals surface area contributed by atoms with Gasteiger partial charge in [0.15, 0.2) is 0 Å². The Morgan fingerprint density at radius 3 is 2.65 bits per heavy atom. The third-order valence-corrected chi connectivity index (χ3v) is 4.50. The molecular formula is C10H13BrClNO3S. The first-order chi connectivity index (χ1) is 7.97. The summed E-state index contributed by atoms with van der Waals surface area (Å²) in [6, 6.07) is 4.60. The molecule has 0 amide bonds. The molecule has 4 nitrogen and oxygen atoms in total. The van der Waals surface area contributed by atoms with Crippen LogP contribution in [0.2, 0.25) is 5.02 Å². The molecule has 0 aromatic heterocycles. The fourth-order valence-corrected chi connectivity index (χ4v) is 3.32. The van der Waals surface area contributed by atoms with Gasteiger partial charge in [-0.2, -0.15) is 0 Å². The number of hydrogen-bond acceptors (Lipinski definition) is 3. The first-order valence-corrected chi connectivity index (χ1v) is 7.68. The molecule has 1 aromatic rings. The molecule has 0 aliphatic rings. The summed E-state index contributed by atoms with van der Waals surface area (Å²) >= 11 is 9.07. The lowest BCUT2D eigenvalue weighted by Gasteiger charge is -2.08. The van der Waals surface area contributed by atoms with E-state index in [1.54, 1.807) is 6.07 Å². The molecule has 0 radical (unpaired) electrons. The molecule has 0 bridgehead atoms. The summed E-state index contributed by atoms with van der Waals surface area (Å²) in [5.74, 6) is 0. The van der Waals surface area contributed by atoms with Gasteiger partial charge in [-0.25, -0.2) is 13.1 Å².